The zero-order chi connectivity index (χ0) is 15.2. The zero-order valence-electron chi connectivity index (χ0n) is 11.9. The molecule has 5 heteroatoms. The highest BCUT2D eigenvalue weighted by atomic mass is 79.9. The van der Waals surface area contributed by atoms with Crippen LogP contribution in [0.1, 0.15) is 11.3 Å². The number of carbonyl (C=O) groups excluding carboxylic acids is 1. The Bertz CT molecular complexity index is 626. The Kier molecular flexibility index (Phi) is 5.33. The molecule has 0 aliphatic carbocycles. The van der Waals surface area contributed by atoms with E-state index in [1.54, 1.807) is 26.5 Å². The second kappa shape index (κ2) is 7.22. The Morgan fingerprint density at radius 3 is 2.48 bits per heavy atom. The highest BCUT2D eigenvalue weighted by Gasteiger charge is 2.09. The molecule has 2 aromatic rings. The van der Waals surface area contributed by atoms with Crippen molar-refractivity contribution in [1.82, 2.24) is 4.98 Å². The minimum atomic E-state index is 0.108. The van der Waals surface area contributed by atoms with E-state index in [-0.39, 0.29) is 5.78 Å². The molecule has 110 valence electrons. The fraction of sp³-hybridized carbons (Fsp3) is 0.250. The topological polar surface area (TPSA) is 48.4 Å². The maximum Gasteiger partial charge on any atom is 0.161 e. The van der Waals surface area contributed by atoms with Crippen LogP contribution in [0.15, 0.2) is 41.0 Å². The van der Waals surface area contributed by atoms with Gasteiger partial charge >= 0.3 is 0 Å². The van der Waals surface area contributed by atoms with Crippen LogP contribution in [0.25, 0.3) is 0 Å². The predicted molar refractivity (Wildman–Crippen MR) is 83.9 cm³/mol. The van der Waals surface area contributed by atoms with E-state index in [0.717, 1.165) is 15.7 Å². The summed E-state index contributed by atoms with van der Waals surface area (Å²) < 4.78 is 11.3. The number of pyridine rings is 1. The van der Waals surface area contributed by atoms with E-state index in [9.17, 15) is 4.79 Å². The van der Waals surface area contributed by atoms with Crippen LogP contribution in [0.5, 0.6) is 11.5 Å². The number of aromatic nitrogens is 1. The van der Waals surface area contributed by atoms with E-state index in [2.05, 4.69) is 20.9 Å². The summed E-state index contributed by atoms with van der Waals surface area (Å²) in [6, 6.07) is 9.22. The van der Waals surface area contributed by atoms with Gasteiger partial charge in [0.05, 0.1) is 14.2 Å². The number of hydrogen-bond donors (Lipinski definition) is 0. The van der Waals surface area contributed by atoms with Crippen LogP contribution < -0.4 is 9.47 Å². The number of halogens is 1. The lowest BCUT2D eigenvalue weighted by Gasteiger charge is -2.09. The molecule has 0 bridgehead atoms. The first-order valence-corrected chi connectivity index (χ1v) is 7.24. The molecule has 0 amide bonds. The Labute approximate surface area is 132 Å². The molecule has 1 aromatic heterocycles. The van der Waals surface area contributed by atoms with Crippen LogP contribution in [0.2, 0.25) is 0 Å². The standard InChI is InChI=1S/C16H16BrNO3/c1-20-15-6-3-11(8-16(15)21-2)7-14(19)9-13-5-4-12(17)10-18-13/h3-6,8,10H,7,9H2,1-2H3. The van der Waals surface area contributed by atoms with E-state index in [0.29, 0.717) is 24.3 Å². The third kappa shape index (κ3) is 4.29. The number of rotatable bonds is 6. The smallest absolute Gasteiger partial charge is 0.161 e. The highest BCUT2D eigenvalue weighted by Crippen LogP contribution is 2.27. The van der Waals surface area contributed by atoms with Gasteiger partial charge in [0.25, 0.3) is 0 Å². The average Bonchev–Trinajstić information content (AvgIpc) is 2.49. The van der Waals surface area contributed by atoms with Gasteiger partial charge in [0.15, 0.2) is 11.5 Å². The van der Waals surface area contributed by atoms with Crippen molar-refractivity contribution in [2.75, 3.05) is 14.2 Å². The molecule has 0 atom stereocenters. The van der Waals surface area contributed by atoms with Gasteiger partial charge in [-0.15, -0.1) is 0 Å². The fourth-order valence-corrected chi connectivity index (χ4v) is 2.23. The van der Waals surface area contributed by atoms with Gasteiger partial charge < -0.3 is 9.47 Å². The summed E-state index contributed by atoms with van der Waals surface area (Å²) in [5.74, 6) is 1.39. The van der Waals surface area contributed by atoms with Crippen LogP contribution in [-0.2, 0) is 17.6 Å². The lowest BCUT2D eigenvalue weighted by atomic mass is 10.0. The van der Waals surface area contributed by atoms with Crippen LogP contribution in [-0.4, -0.2) is 25.0 Å². The number of ketones is 1. The number of hydrogen-bond acceptors (Lipinski definition) is 4. The minimum absolute atomic E-state index is 0.108. The summed E-state index contributed by atoms with van der Waals surface area (Å²) >= 11 is 3.32. The van der Waals surface area contributed by atoms with Gasteiger partial charge in [0.1, 0.15) is 5.78 Å². The van der Waals surface area contributed by atoms with Crippen LogP contribution in [0, 0.1) is 0 Å². The number of ether oxygens (including phenoxy) is 2. The Morgan fingerprint density at radius 1 is 1.10 bits per heavy atom. The normalized spacial score (nSPS) is 10.2. The number of carbonyl (C=O) groups is 1. The SMILES string of the molecule is COc1ccc(CC(=O)Cc2ccc(Br)cn2)cc1OC. The third-order valence-electron chi connectivity index (χ3n) is 3.02. The summed E-state index contributed by atoms with van der Waals surface area (Å²) in [5, 5.41) is 0. The molecule has 1 aromatic carbocycles. The van der Waals surface area contributed by atoms with Crippen molar-refractivity contribution in [2.24, 2.45) is 0 Å². The van der Waals surface area contributed by atoms with E-state index in [4.69, 9.17) is 9.47 Å². The van der Waals surface area contributed by atoms with E-state index in [1.165, 1.54) is 0 Å². The summed E-state index contributed by atoms with van der Waals surface area (Å²) in [6.45, 7) is 0. The summed E-state index contributed by atoms with van der Waals surface area (Å²) in [5.41, 5.74) is 1.67. The second-order valence-electron chi connectivity index (χ2n) is 4.55. The number of methoxy groups -OCH3 is 2. The van der Waals surface area contributed by atoms with Crippen molar-refractivity contribution < 1.29 is 14.3 Å². The molecule has 0 aliphatic rings. The molecule has 0 aliphatic heterocycles. The largest absolute Gasteiger partial charge is 0.493 e. The van der Waals surface area contributed by atoms with E-state index < -0.39 is 0 Å². The van der Waals surface area contributed by atoms with Crippen molar-refractivity contribution in [3.63, 3.8) is 0 Å². The average molecular weight is 350 g/mol. The molecule has 21 heavy (non-hydrogen) atoms. The molecule has 0 fully saturated rings. The lowest BCUT2D eigenvalue weighted by molar-refractivity contribution is -0.117. The van der Waals surface area contributed by atoms with Gasteiger partial charge in [-0.05, 0) is 45.8 Å². The Hall–Kier alpha value is -1.88. The first-order chi connectivity index (χ1) is 10.1. The molecular weight excluding hydrogens is 334 g/mol. The Balaban J connectivity index is 2.04. The molecule has 4 nitrogen and oxygen atoms in total. The molecule has 1 heterocycles. The monoisotopic (exact) mass is 349 g/mol. The number of Topliss-reactive ketones (excluding diaryl/α,β-unsaturated/α-hetero) is 1. The van der Waals surface area contributed by atoms with Crippen LogP contribution in [0.4, 0.5) is 0 Å². The highest BCUT2D eigenvalue weighted by molar-refractivity contribution is 9.10. The molecule has 0 N–H and O–H groups in total. The van der Waals surface area contributed by atoms with Crippen molar-refractivity contribution in [1.29, 1.82) is 0 Å². The maximum absolute atomic E-state index is 12.1. The third-order valence-corrected chi connectivity index (χ3v) is 3.49. The number of benzene rings is 1. The minimum Gasteiger partial charge on any atom is -0.493 e. The van der Waals surface area contributed by atoms with Gasteiger partial charge in [0, 0.05) is 29.2 Å². The van der Waals surface area contributed by atoms with Crippen LogP contribution in [0.3, 0.4) is 0 Å². The fourth-order valence-electron chi connectivity index (χ4n) is 1.99. The molecule has 2 rings (SSSR count). The number of nitrogens with zero attached hydrogens (tertiary/aromatic N) is 1. The van der Waals surface area contributed by atoms with Gasteiger partial charge in [0.2, 0.25) is 0 Å². The first-order valence-electron chi connectivity index (χ1n) is 6.45. The molecule has 0 radical (unpaired) electrons. The Morgan fingerprint density at radius 2 is 1.86 bits per heavy atom. The summed E-state index contributed by atoms with van der Waals surface area (Å²) in [4.78, 5) is 16.3. The lowest BCUT2D eigenvalue weighted by Crippen LogP contribution is -2.08. The summed E-state index contributed by atoms with van der Waals surface area (Å²) in [6.07, 6.45) is 2.36. The predicted octanol–water partition coefficient (Wildman–Crippen LogP) is 3.22. The van der Waals surface area contributed by atoms with Crippen molar-refractivity contribution in [3.05, 3.63) is 52.3 Å². The van der Waals surface area contributed by atoms with Gasteiger partial charge in [-0.1, -0.05) is 6.07 Å². The summed E-state index contributed by atoms with van der Waals surface area (Å²) in [7, 11) is 3.16. The molecular formula is C16H16BrNO3. The molecule has 0 saturated carbocycles. The second-order valence-corrected chi connectivity index (χ2v) is 5.46. The van der Waals surface area contributed by atoms with E-state index >= 15 is 0 Å². The van der Waals surface area contributed by atoms with Crippen molar-refractivity contribution in [3.8, 4) is 11.5 Å². The van der Waals surface area contributed by atoms with Gasteiger partial charge in [-0.3, -0.25) is 9.78 Å². The van der Waals surface area contributed by atoms with Crippen molar-refractivity contribution >= 4 is 21.7 Å². The quantitative estimate of drug-likeness (QED) is 0.803. The van der Waals surface area contributed by atoms with E-state index in [1.807, 2.05) is 24.3 Å². The molecule has 0 unspecified atom stereocenters. The van der Waals surface area contributed by atoms with Crippen molar-refractivity contribution in [2.45, 2.75) is 12.8 Å². The molecule has 0 spiro atoms. The maximum atomic E-state index is 12.1. The van der Waals surface area contributed by atoms with Gasteiger partial charge in [-0.2, -0.15) is 0 Å². The molecule has 0 saturated heterocycles. The first kappa shape index (κ1) is 15.5. The van der Waals surface area contributed by atoms with Gasteiger partial charge in [-0.25, -0.2) is 0 Å². The zero-order valence-corrected chi connectivity index (χ0v) is 13.5. The van der Waals surface area contributed by atoms with Crippen LogP contribution >= 0.6 is 15.9 Å².